The molecule has 2 unspecified atom stereocenters. The van der Waals surface area contributed by atoms with Gasteiger partial charge in [-0.15, -0.1) is 0 Å². The van der Waals surface area contributed by atoms with Gasteiger partial charge in [-0.3, -0.25) is 9.59 Å². The molecular weight excluding hydrogens is 280 g/mol. The second-order valence-corrected chi connectivity index (χ2v) is 5.92. The number of carboxylic acids is 1. The molecule has 2 saturated carbocycles. The Kier molecular flexibility index (Phi) is 3.19. The predicted octanol–water partition coefficient (Wildman–Crippen LogP) is 2.05. The Morgan fingerprint density at radius 3 is 2.67 bits per heavy atom. The van der Waals surface area contributed by atoms with Gasteiger partial charge < -0.3 is 10.4 Å². The highest BCUT2D eigenvalue weighted by atomic mass is 19.1. The van der Waals surface area contributed by atoms with Crippen LogP contribution in [0.25, 0.3) is 0 Å². The van der Waals surface area contributed by atoms with Crippen molar-refractivity contribution in [2.75, 3.05) is 6.54 Å². The molecule has 2 N–H and O–H groups in total. The third kappa shape index (κ3) is 2.62. The van der Waals surface area contributed by atoms with Gasteiger partial charge in [0.1, 0.15) is 11.6 Å². The molecule has 1 aromatic carbocycles. The zero-order chi connectivity index (χ0) is 15.2. The fourth-order valence-corrected chi connectivity index (χ4v) is 2.63. The Morgan fingerprint density at radius 2 is 2.05 bits per heavy atom. The Hall–Kier alpha value is -1.98. The fraction of sp³-hybridized carbons (Fsp3) is 0.467. The molecular formula is C15H15F2NO3. The predicted molar refractivity (Wildman–Crippen MR) is 69.5 cm³/mol. The van der Waals surface area contributed by atoms with Gasteiger partial charge >= 0.3 is 5.97 Å². The number of carbonyl (C=O) groups excluding carboxylic acids is 1. The van der Waals surface area contributed by atoms with E-state index in [2.05, 4.69) is 5.32 Å². The highest BCUT2D eigenvalue weighted by Gasteiger charge is 2.52. The third-order valence-corrected chi connectivity index (χ3v) is 4.39. The number of carboxylic acid groups (broad SMARTS) is 1. The molecule has 0 aliphatic heterocycles. The topological polar surface area (TPSA) is 66.4 Å². The molecule has 1 amide bonds. The van der Waals surface area contributed by atoms with Crippen molar-refractivity contribution in [3.05, 3.63) is 35.4 Å². The molecule has 0 saturated heterocycles. The van der Waals surface area contributed by atoms with Crippen molar-refractivity contribution in [3.8, 4) is 0 Å². The summed E-state index contributed by atoms with van der Waals surface area (Å²) in [7, 11) is 0. The smallest absolute Gasteiger partial charge is 0.311 e. The molecule has 1 aromatic rings. The second-order valence-electron chi connectivity index (χ2n) is 5.92. The van der Waals surface area contributed by atoms with Crippen molar-refractivity contribution in [2.45, 2.75) is 25.2 Å². The molecule has 2 aliphatic carbocycles. The van der Waals surface area contributed by atoms with E-state index in [1.165, 1.54) is 0 Å². The van der Waals surface area contributed by atoms with Crippen molar-refractivity contribution in [3.63, 3.8) is 0 Å². The molecule has 2 aliphatic rings. The van der Waals surface area contributed by atoms with Crippen LogP contribution in [0.2, 0.25) is 0 Å². The summed E-state index contributed by atoms with van der Waals surface area (Å²) in [6.07, 6.45) is 1.59. The largest absolute Gasteiger partial charge is 0.481 e. The van der Waals surface area contributed by atoms with E-state index in [9.17, 15) is 18.4 Å². The first-order chi connectivity index (χ1) is 9.93. The lowest BCUT2D eigenvalue weighted by molar-refractivity contribution is -0.143. The van der Waals surface area contributed by atoms with Gasteiger partial charge in [-0.1, -0.05) is 0 Å². The maximum atomic E-state index is 13.6. The fourth-order valence-electron chi connectivity index (χ4n) is 2.63. The monoisotopic (exact) mass is 295 g/mol. The molecule has 0 spiro atoms. The normalized spacial score (nSPS) is 25.2. The van der Waals surface area contributed by atoms with Gasteiger partial charge in [0, 0.05) is 12.5 Å². The molecule has 3 rings (SSSR count). The zero-order valence-corrected chi connectivity index (χ0v) is 11.2. The number of nitrogens with one attached hydrogen (secondary N) is 1. The van der Waals surface area contributed by atoms with E-state index in [1.807, 2.05) is 0 Å². The number of carbonyl (C=O) groups is 2. The van der Waals surface area contributed by atoms with Gasteiger partial charge in [-0.25, -0.2) is 8.78 Å². The number of hydrogen-bond donors (Lipinski definition) is 2. The minimum atomic E-state index is -0.897. The summed E-state index contributed by atoms with van der Waals surface area (Å²) >= 11 is 0. The van der Waals surface area contributed by atoms with Crippen LogP contribution in [0.1, 0.15) is 30.7 Å². The van der Waals surface area contributed by atoms with E-state index >= 15 is 0 Å². The van der Waals surface area contributed by atoms with Crippen molar-refractivity contribution in [1.29, 1.82) is 0 Å². The standard InChI is InChI=1S/C15H15F2NO3/c16-8-1-2-12(17)10(5-8)9-6-11(9)13(19)18-7-15(3-4-15)14(20)21/h1-2,5,9,11H,3-4,6-7H2,(H,18,19)(H,20,21). The van der Waals surface area contributed by atoms with Gasteiger partial charge in [0.2, 0.25) is 5.91 Å². The van der Waals surface area contributed by atoms with Crippen LogP contribution in [0.5, 0.6) is 0 Å². The number of hydrogen-bond acceptors (Lipinski definition) is 2. The SMILES string of the molecule is O=C(NCC1(C(=O)O)CC1)C1CC1c1cc(F)ccc1F. The molecule has 4 nitrogen and oxygen atoms in total. The minimum absolute atomic E-state index is 0.107. The number of rotatable bonds is 5. The van der Waals surface area contributed by atoms with E-state index < -0.39 is 28.9 Å². The van der Waals surface area contributed by atoms with Crippen LogP contribution in [0, 0.1) is 23.0 Å². The van der Waals surface area contributed by atoms with Crippen LogP contribution in [0.3, 0.4) is 0 Å². The first-order valence-electron chi connectivity index (χ1n) is 6.89. The summed E-state index contributed by atoms with van der Waals surface area (Å²) in [4.78, 5) is 23.0. The number of halogens is 2. The lowest BCUT2D eigenvalue weighted by Gasteiger charge is -2.11. The van der Waals surface area contributed by atoms with Gasteiger partial charge in [0.15, 0.2) is 0 Å². The zero-order valence-electron chi connectivity index (χ0n) is 11.2. The van der Waals surface area contributed by atoms with Gasteiger partial charge in [-0.05, 0) is 48.9 Å². The molecule has 112 valence electrons. The van der Waals surface area contributed by atoms with E-state index in [4.69, 9.17) is 5.11 Å². The molecule has 0 aromatic heterocycles. The molecule has 6 heteroatoms. The first-order valence-corrected chi connectivity index (χ1v) is 6.89. The first kappa shape index (κ1) is 14.0. The third-order valence-electron chi connectivity index (χ3n) is 4.39. The Morgan fingerprint density at radius 1 is 1.33 bits per heavy atom. The van der Waals surface area contributed by atoms with Gasteiger partial charge in [0.25, 0.3) is 0 Å². The molecule has 2 fully saturated rings. The van der Waals surface area contributed by atoms with Crippen molar-refractivity contribution < 1.29 is 23.5 Å². The van der Waals surface area contributed by atoms with E-state index in [0.717, 1.165) is 18.2 Å². The van der Waals surface area contributed by atoms with Crippen LogP contribution in [0.4, 0.5) is 8.78 Å². The van der Waals surface area contributed by atoms with Gasteiger partial charge in [0.05, 0.1) is 5.41 Å². The van der Waals surface area contributed by atoms with E-state index in [-0.39, 0.29) is 23.9 Å². The maximum absolute atomic E-state index is 13.6. The number of benzene rings is 1. The van der Waals surface area contributed by atoms with Crippen LogP contribution >= 0.6 is 0 Å². The van der Waals surface area contributed by atoms with Crippen LogP contribution in [0.15, 0.2) is 18.2 Å². The lowest BCUT2D eigenvalue weighted by Crippen LogP contribution is -2.35. The Balaban J connectivity index is 1.59. The van der Waals surface area contributed by atoms with Gasteiger partial charge in [-0.2, -0.15) is 0 Å². The van der Waals surface area contributed by atoms with Crippen LogP contribution in [-0.2, 0) is 9.59 Å². The summed E-state index contributed by atoms with van der Waals surface area (Å²) < 4.78 is 26.7. The average Bonchev–Trinajstić information content (AvgIpc) is 3.33. The van der Waals surface area contributed by atoms with E-state index in [1.54, 1.807) is 0 Å². The van der Waals surface area contributed by atoms with Crippen LogP contribution < -0.4 is 5.32 Å². The summed E-state index contributed by atoms with van der Waals surface area (Å²) in [6.45, 7) is 0.107. The summed E-state index contributed by atoms with van der Waals surface area (Å²) in [6, 6.07) is 3.22. The summed E-state index contributed by atoms with van der Waals surface area (Å²) in [5.41, 5.74) is -0.598. The maximum Gasteiger partial charge on any atom is 0.311 e. The lowest BCUT2D eigenvalue weighted by atomic mass is 10.1. The van der Waals surface area contributed by atoms with Crippen molar-refractivity contribution in [1.82, 2.24) is 5.32 Å². The van der Waals surface area contributed by atoms with E-state index in [0.29, 0.717) is 19.3 Å². The Labute approximate surface area is 120 Å². The Bertz CT molecular complexity index is 613. The highest BCUT2D eigenvalue weighted by molar-refractivity contribution is 5.84. The molecule has 0 heterocycles. The molecule has 0 radical (unpaired) electrons. The quantitative estimate of drug-likeness (QED) is 0.873. The number of aliphatic carboxylic acids is 1. The minimum Gasteiger partial charge on any atom is -0.481 e. The molecule has 0 bridgehead atoms. The van der Waals surface area contributed by atoms with Crippen molar-refractivity contribution in [2.24, 2.45) is 11.3 Å². The van der Waals surface area contributed by atoms with Crippen LogP contribution in [-0.4, -0.2) is 23.5 Å². The summed E-state index contributed by atoms with van der Waals surface area (Å²) in [5, 5.41) is 11.7. The molecule has 2 atom stereocenters. The molecule has 21 heavy (non-hydrogen) atoms. The highest BCUT2D eigenvalue weighted by Crippen LogP contribution is 2.49. The average molecular weight is 295 g/mol. The summed E-state index contributed by atoms with van der Waals surface area (Å²) in [5.74, 6) is -2.93. The number of amides is 1. The second kappa shape index (κ2) is 4.79. The van der Waals surface area contributed by atoms with Crippen molar-refractivity contribution >= 4 is 11.9 Å².